The van der Waals surface area contributed by atoms with E-state index in [1.54, 1.807) is 61.7 Å². The van der Waals surface area contributed by atoms with Crippen LogP contribution in [0.4, 0.5) is 5.69 Å². The number of aromatic nitrogens is 3. The van der Waals surface area contributed by atoms with Crippen LogP contribution >= 0.6 is 0 Å². The molecule has 0 bridgehead atoms. The summed E-state index contributed by atoms with van der Waals surface area (Å²) in [7, 11) is 1.56. The molecule has 0 saturated heterocycles. The lowest BCUT2D eigenvalue weighted by Crippen LogP contribution is -2.42. The van der Waals surface area contributed by atoms with Gasteiger partial charge in [-0.05, 0) is 42.0 Å². The first-order valence-electron chi connectivity index (χ1n) is 10.4. The topological polar surface area (TPSA) is 114 Å². The molecule has 172 valence electrons. The highest BCUT2D eigenvalue weighted by molar-refractivity contribution is 5.91. The van der Waals surface area contributed by atoms with Gasteiger partial charge in [0.2, 0.25) is 12.7 Å². The average molecular weight is 460 g/mol. The molecule has 3 heterocycles. The maximum Gasteiger partial charge on any atom is 0.332 e. The van der Waals surface area contributed by atoms with Crippen molar-refractivity contribution >= 4 is 22.6 Å². The zero-order valence-corrected chi connectivity index (χ0v) is 18.2. The van der Waals surface area contributed by atoms with Crippen LogP contribution in [0.15, 0.2) is 70.4 Å². The second-order valence-corrected chi connectivity index (χ2v) is 7.60. The number of ether oxygens (including phenoxy) is 3. The first kappa shape index (κ1) is 21.3. The van der Waals surface area contributed by atoms with Gasteiger partial charge in [-0.2, -0.15) is 0 Å². The summed E-state index contributed by atoms with van der Waals surface area (Å²) in [6, 6.07) is 15.3. The van der Waals surface area contributed by atoms with Crippen molar-refractivity contribution in [2.75, 3.05) is 19.2 Å². The fraction of sp³-hybridized carbons (Fsp3) is 0.167. The number of carbonyl (C=O) groups excluding carboxylic acids is 1. The zero-order valence-electron chi connectivity index (χ0n) is 18.2. The molecule has 0 radical (unpaired) electrons. The Kier molecular flexibility index (Phi) is 5.46. The molecule has 1 aliphatic rings. The van der Waals surface area contributed by atoms with Gasteiger partial charge >= 0.3 is 5.69 Å². The maximum absolute atomic E-state index is 13.3. The van der Waals surface area contributed by atoms with E-state index in [0.29, 0.717) is 22.9 Å². The highest BCUT2D eigenvalue weighted by Crippen LogP contribution is 2.34. The summed E-state index contributed by atoms with van der Waals surface area (Å²) in [5.74, 6) is 1.34. The van der Waals surface area contributed by atoms with Crippen LogP contribution in [0.1, 0.15) is 5.56 Å². The Bertz CT molecular complexity index is 1510. The molecule has 0 aliphatic carbocycles. The molecule has 2 aromatic carbocycles. The second kappa shape index (κ2) is 8.74. The SMILES string of the molecule is COc1ccc(Cn2c(=O)c3ncccc3n(CC(=O)Nc3ccc4c(c3)OCO4)c2=O)cc1. The van der Waals surface area contributed by atoms with Crippen molar-refractivity contribution in [3.63, 3.8) is 0 Å². The third kappa shape index (κ3) is 3.96. The van der Waals surface area contributed by atoms with Crippen molar-refractivity contribution < 1.29 is 19.0 Å². The van der Waals surface area contributed by atoms with E-state index >= 15 is 0 Å². The van der Waals surface area contributed by atoms with Crippen molar-refractivity contribution in [2.45, 2.75) is 13.1 Å². The minimum Gasteiger partial charge on any atom is -0.497 e. The van der Waals surface area contributed by atoms with Gasteiger partial charge in [0, 0.05) is 18.0 Å². The number of amides is 1. The Morgan fingerprint density at radius 2 is 1.85 bits per heavy atom. The van der Waals surface area contributed by atoms with E-state index in [-0.39, 0.29) is 30.9 Å². The predicted molar refractivity (Wildman–Crippen MR) is 124 cm³/mol. The number of rotatable bonds is 6. The van der Waals surface area contributed by atoms with Gasteiger partial charge in [0.1, 0.15) is 12.3 Å². The van der Waals surface area contributed by atoms with Gasteiger partial charge in [-0.15, -0.1) is 0 Å². The normalized spacial score (nSPS) is 12.0. The number of hydrogen-bond donors (Lipinski definition) is 1. The Labute approximate surface area is 193 Å². The van der Waals surface area contributed by atoms with Gasteiger partial charge in [-0.3, -0.25) is 18.7 Å². The molecule has 0 fully saturated rings. The van der Waals surface area contributed by atoms with Crippen LogP contribution in [0.5, 0.6) is 17.2 Å². The van der Waals surface area contributed by atoms with Crippen molar-refractivity contribution in [3.05, 3.63) is 87.2 Å². The van der Waals surface area contributed by atoms with E-state index in [1.807, 2.05) is 0 Å². The van der Waals surface area contributed by atoms with E-state index in [4.69, 9.17) is 14.2 Å². The van der Waals surface area contributed by atoms with E-state index in [9.17, 15) is 14.4 Å². The summed E-state index contributed by atoms with van der Waals surface area (Å²) in [6.07, 6.45) is 1.48. The summed E-state index contributed by atoms with van der Waals surface area (Å²) in [4.78, 5) is 43.4. The van der Waals surface area contributed by atoms with Crippen molar-refractivity contribution in [2.24, 2.45) is 0 Å². The molecule has 0 spiro atoms. The Balaban J connectivity index is 1.49. The molecule has 1 N–H and O–H groups in total. The quantitative estimate of drug-likeness (QED) is 0.468. The van der Waals surface area contributed by atoms with Gasteiger partial charge in [0.05, 0.1) is 19.2 Å². The largest absolute Gasteiger partial charge is 0.497 e. The van der Waals surface area contributed by atoms with E-state index < -0.39 is 17.2 Å². The number of carbonyl (C=O) groups is 1. The van der Waals surface area contributed by atoms with Gasteiger partial charge in [-0.1, -0.05) is 12.1 Å². The number of hydrogen-bond acceptors (Lipinski definition) is 7. The Hall–Kier alpha value is -4.60. The zero-order chi connectivity index (χ0) is 23.7. The number of pyridine rings is 1. The van der Waals surface area contributed by atoms with Gasteiger partial charge in [0.25, 0.3) is 5.56 Å². The molecule has 5 rings (SSSR count). The minimum absolute atomic E-state index is 0.0257. The van der Waals surface area contributed by atoms with Crippen molar-refractivity contribution in [1.82, 2.24) is 14.1 Å². The highest BCUT2D eigenvalue weighted by Gasteiger charge is 2.18. The maximum atomic E-state index is 13.3. The molecule has 0 atom stereocenters. The first-order valence-corrected chi connectivity index (χ1v) is 10.4. The van der Waals surface area contributed by atoms with Crippen LogP contribution in [0.3, 0.4) is 0 Å². The molecule has 4 aromatic rings. The molecule has 1 amide bonds. The van der Waals surface area contributed by atoms with Crippen LogP contribution in [0.25, 0.3) is 11.0 Å². The molecular formula is C24H20N4O6. The Morgan fingerprint density at radius 1 is 1.06 bits per heavy atom. The van der Waals surface area contributed by atoms with Crippen molar-refractivity contribution in [3.8, 4) is 17.2 Å². The number of anilines is 1. The number of fused-ring (bicyclic) bond motifs is 2. The Morgan fingerprint density at radius 3 is 2.65 bits per heavy atom. The molecule has 1 aliphatic heterocycles. The summed E-state index contributed by atoms with van der Waals surface area (Å²) >= 11 is 0. The van der Waals surface area contributed by atoms with E-state index in [1.165, 1.54) is 10.8 Å². The van der Waals surface area contributed by atoms with E-state index in [2.05, 4.69) is 10.3 Å². The summed E-state index contributed by atoms with van der Waals surface area (Å²) in [6.45, 7) is -0.160. The fourth-order valence-corrected chi connectivity index (χ4v) is 3.77. The minimum atomic E-state index is -0.609. The molecule has 10 nitrogen and oxygen atoms in total. The molecular weight excluding hydrogens is 440 g/mol. The van der Waals surface area contributed by atoms with Crippen LogP contribution in [-0.2, 0) is 17.9 Å². The van der Waals surface area contributed by atoms with Gasteiger partial charge in [-0.25, -0.2) is 9.78 Å². The number of nitrogens with one attached hydrogen (secondary N) is 1. The monoisotopic (exact) mass is 460 g/mol. The van der Waals surface area contributed by atoms with Crippen LogP contribution in [0.2, 0.25) is 0 Å². The molecule has 0 unspecified atom stereocenters. The summed E-state index contributed by atoms with van der Waals surface area (Å²) < 4.78 is 18.1. The summed E-state index contributed by atoms with van der Waals surface area (Å²) in [5.41, 5.74) is 0.477. The first-order chi connectivity index (χ1) is 16.5. The van der Waals surface area contributed by atoms with Gasteiger partial charge in [0.15, 0.2) is 17.0 Å². The molecule has 34 heavy (non-hydrogen) atoms. The number of methoxy groups -OCH3 is 1. The van der Waals surface area contributed by atoms with Crippen LogP contribution in [0, 0.1) is 0 Å². The average Bonchev–Trinajstić information content (AvgIpc) is 3.33. The highest BCUT2D eigenvalue weighted by atomic mass is 16.7. The predicted octanol–water partition coefficient (Wildman–Crippen LogP) is 1.98. The third-order valence-corrected chi connectivity index (χ3v) is 5.44. The number of nitrogens with zero attached hydrogens (tertiary/aromatic N) is 3. The smallest absolute Gasteiger partial charge is 0.332 e. The van der Waals surface area contributed by atoms with Gasteiger partial charge < -0.3 is 19.5 Å². The fourth-order valence-electron chi connectivity index (χ4n) is 3.77. The molecule has 2 aromatic heterocycles. The lowest BCUT2D eigenvalue weighted by molar-refractivity contribution is -0.116. The lowest BCUT2D eigenvalue weighted by Gasteiger charge is -2.14. The van der Waals surface area contributed by atoms with E-state index in [0.717, 1.165) is 10.1 Å². The second-order valence-electron chi connectivity index (χ2n) is 7.60. The van der Waals surface area contributed by atoms with Crippen molar-refractivity contribution in [1.29, 1.82) is 0 Å². The third-order valence-electron chi connectivity index (χ3n) is 5.44. The standard InChI is InChI=1S/C24H20N4O6/c1-32-17-7-4-15(5-8-17)12-28-23(30)22-18(3-2-10-25-22)27(24(28)31)13-21(29)26-16-6-9-19-20(11-16)34-14-33-19/h2-11H,12-14H2,1H3,(H,26,29). The lowest BCUT2D eigenvalue weighted by atomic mass is 10.2. The molecule has 10 heteroatoms. The molecule has 0 saturated carbocycles. The van der Waals surface area contributed by atoms with Crippen LogP contribution in [-0.4, -0.2) is 33.9 Å². The number of benzene rings is 2. The summed E-state index contributed by atoms with van der Waals surface area (Å²) in [5, 5.41) is 2.75. The van der Waals surface area contributed by atoms with Crippen LogP contribution < -0.4 is 30.8 Å².